The summed E-state index contributed by atoms with van der Waals surface area (Å²) in [6.45, 7) is 7.00. The summed E-state index contributed by atoms with van der Waals surface area (Å²) in [4.78, 5) is 0. The van der Waals surface area contributed by atoms with Gasteiger partial charge in [0, 0.05) is 16.8 Å². The van der Waals surface area contributed by atoms with Gasteiger partial charge in [-0.15, -0.1) is 5.54 Å². The molecule has 5 heteroatoms. The molecule has 0 spiro atoms. The van der Waals surface area contributed by atoms with Crippen molar-refractivity contribution >= 4 is 19.5 Å². The number of hydrogen-bond acceptors (Lipinski definition) is 3. The van der Waals surface area contributed by atoms with E-state index in [0.29, 0.717) is 12.3 Å². The fraction of sp³-hybridized carbons (Fsp3) is 0.286. The number of hydrogen-bond donors (Lipinski definition) is 2. The number of benzodiazepines with no additional fused rings is 1. The number of fused-ring (bicyclic) bond motifs is 1. The Morgan fingerprint density at radius 1 is 1.15 bits per heavy atom. The van der Waals surface area contributed by atoms with E-state index in [9.17, 15) is 5.21 Å². The Bertz CT molecular complexity index is 889. The van der Waals surface area contributed by atoms with Gasteiger partial charge in [-0.3, -0.25) is 5.32 Å². The molecule has 134 valence electrons. The fourth-order valence-electron chi connectivity index (χ4n) is 2.89. The number of nitrogens with one attached hydrogen (secondary N) is 2. The molecule has 0 aromatic heterocycles. The minimum Gasteiger partial charge on any atom is -0.623 e. The van der Waals surface area contributed by atoms with Gasteiger partial charge in [-0.25, -0.2) is 4.74 Å². The lowest BCUT2D eigenvalue weighted by molar-refractivity contribution is -0.458. The third-order valence-electron chi connectivity index (χ3n) is 4.18. The summed E-state index contributed by atoms with van der Waals surface area (Å²) in [5, 5.41) is 19.5. The number of benzene rings is 2. The van der Waals surface area contributed by atoms with Crippen molar-refractivity contribution in [2.24, 2.45) is 0 Å². The Balaban J connectivity index is 2.17. The summed E-state index contributed by atoms with van der Waals surface area (Å²) in [6.07, 6.45) is -0.119. The summed E-state index contributed by atoms with van der Waals surface area (Å²) >= 11 is 0. The molecule has 1 aliphatic heterocycles. The number of nitrogens with zero attached hydrogens (tertiary/aromatic N) is 1. The van der Waals surface area contributed by atoms with Crippen molar-refractivity contribution in [3.8, 4) is 11.5 Å². The maximum atomic E-state index is 12.9. The van der Waals surface area contributed by atoms with Crippen molar-refractivity contribution in [1.29, 1.82) is 0 Å². The van der Waals surface area contributed by atoms with E-state index in [1.807, 2.05) is 55.6 Å². The first-order chi connectivity index (χ1) is 12.4. The van der Waals surface area contributed by atoms with E-state index in [2.05, 4.69) is 41.7 Å². The maximum absolute atomic E-state index is 12.9. The van der Waals surface area contributed by atoms with Gasteiger partial charge >= 0.3 is 0 Å². The molecular formula is C21H25N3OSi. The second-order valence-corrected chi connectivity index (χ2v) is 12.3. The molecule has 0 saturated carbocycles. The fourth-order valence-corrected chi connectivity index (χ4v) is 3.41. The van der Waals surface area contributed by atoms with Crippen LogP contribution in [0, 0.1) is 16.7 Å². The largest absolute Gasteiger partial charge is 0.623 e. The Morgan fingerprint density at radius 3 is 2.54 bits per heavy atom. The van der Waals surface area contributed by atoms with Gasteiger partial charge in [0.1, 0.15) is 14.2 Å². The smallest absolute Gasteiger partial charge is 0.227 e. The van der Waals surface area contributed by atoms with Crippen LogP contribution in [0.1, 0.15) is 16.7 Å². The molecule has 1 atom stereocenters. The van der Waals surface area contributed by atoms with Crippen LogP contribution in [0.15, 0.2) is 48.5 Å². The van der Waals surface area contributed by atoms with E-state index in [-0.39, 0.29) is 6.17 Å². The maximum Gasteiger partial charge on any atom is 0.227 e. The van der Waals surface area contributed by atoms with Crippen LogP contribution in [0.5, 0.6) is 0 Å². The van der Waals surface area contributed by atoms with Crippen LogP contribution in [-0.4, -0.2) is 38.3 Å². The first-order valence-electron chi connectivity index (χ1n) is 8.86. The van der Waals surface area contributed by atoms with E-state index in [1.54, 1.807) is 0 Å². The van der Waals surface area contributed by atoms with E-state index >= 15 is 0 Å². The van der Waals surface area contributed by atoms with Gasteiger partial charge in [0.2, 0.25) is 5.71 Å². The highest BCUT2D eigenvalue weighted by Gasteiger charge is 2.26. The van der Waals surface area contributed by atoms with Crippen molar-refractivity contribution in [2.45, 2.75) is 25.8 Å². The molecule has 2 aromatic rings. The van der Waals surface area contributed by atoms with Crippen molar-refractivity contribution in [3.63, 3.8) is 0 Å². The lowest BCUT2D eigenvalue weighted by Gasteiger charge is -2.15. The average Bonchev–Trinajstić information content (AvgIpc) is 2.75. The molecule has 1 heterocycles. The van der Waals surface area contributed by atoms with Crippen molar-refractivity contribution in [3.05, 3.63) is 70.4 Å². The predicted octanol–water partition coefficient (Wildman–Crippen LogP) is 3.23. The quantitative estimate of drug-likeness (QED) is 0.373. The Kier molecular flexibility index (Phi) is 5.17. The zero-order chi connectivity index (χ0) is 18.7. The molecule has 0 saturated heterocycles. The molecule has 2 aromatic carbocycles. The van der Waals surface area contributed by atoms with Crippen LogP contribution in [0.3, 0.4) is 0 Å². The van der Waals surface area contributed by atoms with Crippen molar-refractivity contribution in [1.82, 2.24) is 5.32 Å². The van der Waals surface area contributed by atoms with Crippen LogP contribution in [0.2, 0.25) is 19.6 Å². The highest BCUT2D eigenvalue weighted by molar-refractivity contribution is 6.83. The predicted molar refractivity (Wildman–Crippen MR) is 111 cm³/mol. The summed E-state index contributed by atoms with van der Waals surface area (Å²) in [5.74, 6) is 3.30. The van der Waals surface area contributed by atoms with Crippen LogP contribution in [0.4, 0.5) is 5.69 Å². The lowest BCUT2D eigenvalue weighted by atomic mass is 9.98. The van der Waals surface area contributed by atoms with Crippen LogP contribution >= 0.6 is 0 Å². The second-order valence-electron chi connectivity index (χ2n) is 7.52. The molecule has 3 rings (SSSR count). The van der Waals surface area contributed by atoms with Crippen molar-refractivity contribution in [2.75, 3.05) is 18.9 Å². The SMILES string of the molecule is CNC1C[N+]([O-])=C(c2ccccc2)c2cc(C#C[Si](C)(C)C)ccc2N1. The molecule has 4 nitrogen and oxygen atoms in total. The van der Waals surface area contributed by atoms with E-state index in [1.165, 1.54) is 0 Å². The molecule has 0 fully saturated rings. The third-order valence-corrected chi connectivity index (χ3v) is 5.05. The Labute approximate surface area is 156 Å². The summed E-state index contributed by atoms with van der Waals surface area (Å²) in [6, 6.07) is 15.9. The Morgan fingerprint density at radius 2 is 1.88 bits per heavy atom. The number of hydroxylamine groups is 1. The van der Waals surface area contributed by atoms with Gasteiger partial charge in [0.25, 0.3) is 0 Å². The molecular weight excluding hydrogens is 338 g/mol. The minimum atomic E-state index is -1.46. The zero-order valence-corrected chi connectivity index (χ0v) is 16.8. The van der Waals surface area contributed by atoms with Gasteiger partial charge in [-0.1, -0.05) is 43.8 Å². The molecule has 0 bridgehead atoms. The zero-order valence-electron chi connectivity index (χ0n) is 15.8. The van der Waals surface area contributed by atoms with Crippen LogP contribution < -0.4 is 10.6 Å². The summed E-state index contributed by atoms with van der Waals surface area (Å²) < 4.78 is 1.07. The number of anilines is 1. The molecule has 0 aliphatic carbocycles. The van der Waals surface area contributed by atoms with E-state index in [0.717, 1.165) is 27.1 Å². The molecule has 0 radical (unpaired) electrons. The van der Waals surface area contributed by atoms with E-state index < -0.39 is 8.07 Å². The van der Waals surface area contributed by atoms with Crippen LogP contribution in [0.25, 0.3) is 0 Å². The molecule has 26 heavy (non-hydrogen) atoms. The molecule has 2 N–H and O–H groups in total. The molecule has 0 amide bonds. The second kappa shape index (κ2) is 7.36. The number of likely N-dealkylation sites (N-methyl/N-ethyl adjacent to an activating group) is 1. The average molecular weight is 364 g/mol. The van der Waals surface area contributed by atoms with Crippen molar-refractivity contribution < 1.29 is 4.74 Å². The molecule has 1 aliphatic rings. The first kappa shape index (κ1) is 18.2. The molecule has 1 unspecified atom stereocenters. The first-order valence-corrected chi connectivity index (χ1v) is 12.4. The number of rotatable bonds is 2. The summed E-state index contributed by atoms with van der Waals surface area (Å²) in [5.41, 5.74) is 7.78. The minimum absolute atomic E-state index is 0.119. The van der Waals surface area contributed by atoms with Crippen LogP contribution in [-0.2, 0) is 0 Å². The summed E-state index contributed by atoms with van der Waals surface area (Å²) in [7, 11) is 0.391. The lowest BCUT2D eigenvalue weighted by Crippen LogP contribution is -2.39. The normalized spacial score (nSPS) is 16.8. The highest BCUT2D eigenvalue weighted by atomic mass is 28.3. The topological polar surface area (TPSA) is 50.1 Å². The highest BCUT2D eigenvalue weighted by Crippen LogP contribution is 2.24. The van der Waals surface area contributed by atoms with Gasteiger partial charge in [0.05, 0.1) is 5.56 Å². The monoisotopic (exact) mass is 363 g/mol. The Hall–Kier alpha value is -2.55. The van der Waals surface area contributed by atoms with Gasteiger partial charge < -0.3 is 10.5 Å². The standard InChI is InChI=1S/C21H25N3OSi/c1-22-20-15-24(25)21(17-8-6-5-7-9-17)18-14-16(10-11-19(18)23-20)12-13-26(2,3)4/h5-11,14,20,22-23H,15H2,1-4H3. The van der Waals surface area contributed by atoms with Gasteiger partial charge in [0.15, 0.2) is 6.54 Å². The third kappa shape index (κ3) is 4.16. The van der Waals surface area contributed by atoms with E-state index in [4.69, 9.17) is 0 Å². The van der Waals surface area contributed by atoms with Gasteiger partial charge in [-0.2, -0.15) is 0 Å². The van der Waals surface area contributed by atoms with Gasteiger partial charge in [-0.05, 0) is 37.4 Å².